The zero-order chi connectivity index (χ0) is 22.5. The van der Waals surface area contributed by atoms with Gasteiger partial charge < -0.3 is 14.8 Å². The van der Waals surface area contributed by atoms with E-state index in [-0.39, 0.29) is 12.5 Å². The number of rotatable bonds is 9. The molecule has 4 aromatic rings. The highest BCUT2D eigenvalue weighted by molar-refractivity contribution is 5.92. The number of H-pyrrole nitrogens is 1. The number of aromatic nitrogens is 3. The van der Waals surface area contributed by atoms with Crippen molar-refractivity contribution in [2.45, 2.75) is 25.4 Å². The average molecular weight is 441 g/mol. The van der Waals surface area contributed by atoms with Crippen molar-refractivity contribution in [1.29, 1.82) is 0 Å². The molecule has 0 atom stereocenters. The lowest BCUT2D eigenvalue weighted by atomic mass is 10.2. The summed E-state index contributed by atoms with van der Waals surface area (Å²) in [7, 11) is 0. The molecule has 2 N–H and O–H groups in total. The van der Waals surface area contributed by atoms with E-state index in [1.165, 1.54) is 0 Å². The summed E-state index contributed by atoms with van der Waals surface area (Å²) in [5, 5.41) is 10.2. The van der Waals surface area contributed by atoms with Gasteiger partial charge in [0.25, 0.3) is 5.91 Å². The Morgan fingerprint density at radius 3 is 2.48 bits per heavy atom. The smallest absolute Gasteiger partial charge is 0.262 e. The summed E-state index contributed by atoms with van der Waals surface area (Å²) in [5.74, 6) is 2.91. The van der Waals surface area contributed by atoms with Crippen LogP contribution < -0.4 is 14.8 Å². The molecule has 0 radical (unpaired) electrons. The van der Waals surface area contributed by atoms with Crippen molar-refractivity contribution in [3.8, 4) is 22.9 Å². The second-order valence-electron chi connectivity index (χ2n) is 7.96. The summed E-state index contributed by atoms with van der Waals surface area (Å²) in [4.78, 5) is 17.1. The molecule has 0 aliphatic heterocycles. The molecule has 1 saturated carbocycles. The minimum absolute atomic E-state index is 0.136. The number of benzene rings is 3. The van der Waals surface area contributed by atoms with Crippen molar-refractivity contribution in [2.24, 2.45) is 0 Å². The minimum atomic E-state index is -0.265. The summed E-state index contributed by atoms with van der Waals surface area (Å²) < 4.78 is 11.6. The van der Waals surface area contributed by atoms with Crippen LogP contribution >= 0.6 is 0 Å². The quantitative estimate of drug-likeness (QED) is 0.385. The lowest BCUT2D eigenvalue weighted by Gasteiger charge is -2.13. The van der Waals surface area contributed by atoms with Crippen LogP contribution in [-0.2, 0) is 11.4 Å². The third-order valence-electron chi connectivity index (χ3n) is 5.32. The van der Waals surface area contributed by atoms with E-state index in [0.29, 0.717) is 35.5 Å². The maximum absolute atomic E-state index is 12.5. The van der Waals surface area contributed by atoms with Gasteiger partial charge in [0, 0.05) is 17.2 Å². The van der Waals surface area contributed by atoms with Gasteiger partial charge in [0.15, 0.2) is 23.9 Å². The van der Waals surface area contributed by atoms with Crippen molar-refractivity contribution in [1.82, 2.24) is 15.2 Å². The number of aromatic amines is 1. The van der Waals surface area contributed by atoms with Crippen molar-refractivity contribution >= 4 is 11.6 Å². The second kappa shape index (κ2) is 9.56. The van der Waals surface area contributed by atoms with E-state index in [4.69, 9.17) is 9.47 Å². The molecule has 1 fully saturated rings. The molecule has 7 heteroatoms. The highest BCUT2D eigenvalue weighted by Crippen LogP contribution is 2.38. The first kappa shape index (κ1) is 20.8. The maximum atomic E-state index is 12.5. The molecule has 3 aromatic carbocycles. The molecule has 0 bridgehead atoms. The van der Waals surface area contributed by atoms with Gasteiger partial charge in [-0.2, -0.15) is 5.10 Å². The van der Waals surface area contributed by atoms with Gasteiger partial charge in [-0.3, -0.25) is 9.89 Å². The Morgan fingerprint density at radius 2 is 1.70 bits per heavy atom. The number of carbonyl (C=O) groups is 1. The molecule has 1 aliphatic carbocycles. The number of ether oxygens (including phenoxy) is 2. The normalized spacial score (nSPS) is 12.8. The molecule has 1 aliphatic rings. The Labute approximate surface area is 191 Å². The van der Waals surface area contributed by atoms with E-state index in [1.807, 2.05) is 72.8 Å². The van der Waals surface area contributed by atoms with Crippen molar-refractivity contribution in [2.75, 3.05) is 11.9 Å². The number of nitrogens with zero attached hydrogens (tertiary/aromatic N) is 2. The molecule has 1 heterocycles. The van der Waals surface area contributed by atoms with Gasteiger partial charge in [0.05, 0.1) is 0 Å². The fourth-order valence-corrected chi connectivity index (χ4v) is 3.44. The third kappa shape index (κ3) is 5.38. The molecule has 7 nitrogen and oxygen atoms in total. The van der Waals surface area contributed by atoms with E-state index in [9.17, 15) is 4.79 Å². The van der Waals surface area contributed by atoms with Crippen LogP contribution in [0.4, 0.5) is 5.69 Å². The molecule has 5 rings (SSSR count). The Morgan fingerprint density at radius 1 is 0.939 bits per heavy atom. The third-order valence-corrected chi connectivity index (χ3v) is 5.32. The maximum Gasteiger partial charge on any atom is 0.262 e. The predicted octanol–water partition coefficient (Wildman–Crippen LogP) is 4.95. The number of hydrogen-bond donors (Lipinski definition) is 2. The van der Waals surface area contributed by atoms with E-state index in [2.05, 4.69) is 20.5 Å². The van der Waals surface area contributed by atoms with Crippen LogP contribution in [0.5, 0.6) is 11.5 Å². The number of anilines is 1. The van der Waals surface area contributed by atoms with Gasteiger partial charge in [-0.25, -0.2) is 4.98 Å². The topological polar surface area (TPSA) is 89.1 Å². The first-order valence-electron chi connectivity index (χ1n) is 11.0. The van der Waals surface area contributed by atoms with Gasteiger partial charge in [-0.15, -0.1) is 0 Å². The summed E-state index contributed by atoms with van der Waals surface area (Å²) in [6.45, 7) is 0.284. The Kier molecular flexibility index (Phi) is 6.01. The second-order valence-corrected chi connectivity index (χ2v) is 7.96. The minimum Gasteiger partial charge on any atom is -0.485 e. The Balaban J connectivity index is 1.18. The van der Waals surface area contributed by atoms with E-state index in [1.54, 1.807) is 6.07 Å². The highest BCUT2D eigenvalue weighted by Gasteiger charge is 2.27. The first-order valence-corrected chi connectivity index (χ1v) is 11.0. The van der Waals surface area contributed by atoms with Gasteiger partial charge in [0.2, 0.25) is 0 Å². The number of nitrogens with one attached hydrogen (secondary N) is 2. The lowest BCUT2D eigenvalue weighted by Crippen LogP contribution is -2.20. The number of carbonyl (C=O) groups excluding carboxylic acids is 1. The Hall–Kier alpha value is -4.13. The molecule has 0 saturated heterocycles. The lowest BCUT2D eigenvalue weighted by molar-refractivity contribution is -0.118. The van der Waals surface area contributed by atoms with Crippen molar-refractivity contribution in [3.05, 3.63) is 90.3 Å². The predicted molar refractivity (Wildman–Crippen MR) is 125 cm³/mol. The van der Waals surface area contributed by atoms with Crippen LogP contribution in [0, 0.1) is 0 Å². The molecule has 33 heavy (non-hydrogen) atoms. The Bertz CT molecular complexity index is 1240. The van der Waals surface area contributed by atoms with Gasteiger partial charge in [-0.05, 0) is 42.7 Å². The van der Waals surface area contributed by atoms with Crippen LogP contribution in [-0.4, -0.2) is 27.7 Å². The summed E-state index contributed by atoms with van der Waals surface area (Å²) in [5.41, 5.74) is 2.56. The van der Waals surface area contributed by atoms with Crippen LogP contribution in [0.1, 0.15) is 30.1 Å². The van der Waals surface area contributed by atoms with Gasteiger partial charge in [0.1, 0.15) is 12.4 Å². The van der Waals surface area contributed by atoms with Crippen molar-refractivity contribution < 1.29 is 14.3 Å². The molecule has 1 aromatic heterocycles. The van der Waals surface area contributed by atoms with Crippen LogP contribution in [0.15, 0.2) is 78.9 Å². The molecule has 0 unspecified atom stereocenters. The van der Waals surface area contributed by atoms with Crippen LogP contribution in [0.25, 0.3) is 11.4 Å². The largest absolute Gasteiger partial charge is 0.485 e. The molecular weight excluding hydrogens is 416 g/mol. The highest BCUT2D eigenvalue weighted by atomic mass is 16.5. The molecule has 0 spiro atoms. The summed E-state index contributed by atoms with van der Waals surface area (Å²) in [6.07, 6.45) is 2.32. The van der Waals surface area contributed by atoms with Crippen LogP contribution in [0.3, 0.4) is 0 Å². The molecule has 166 valence electrons. The van der Waals surface area contributed by atoms with E-state index < -0.39 is 0 Å². The SMILES string of the molecule is O=C(COc1ccccc1OCc1ccccc1)Nc1cccc(-c2n[nH]c(C3CC3)n2)c1. The van der Waals surface area contributed by atoms with Crippen LogP contribution in [0.2, 0.25) is 0 Å². The monoisotopic (exact) mass is 440 g/mol. The van der Waals surface area contributed by atoms with Gasteiger partial charge >= 0.3 is 0 Å². The zero-order valence-corrected chi connectivity index (χ0v) is 18.0. The van der Waals surface area contributed by atoms with E-state index in [0.717, 1.165) is 29.8 Å². The summed E-state index contributed by atoms with van der Waals surface area (Å²) >= 11 is 0. The number of para-hydroxylation sites is 2. The first-order chi connectivity index (χ1) is 16.2. The number of amides is 1. The fourth-order valence-electron chi connectivity index (χ4n) is 3.44. The number of hydrogen-bond acceptors (Lipinski definition) is 5. The standard InChI is InChI=1S/C26H24N4O3/c31-24(17-33-23-12-5-4-11-22(23)32-16-18-7-2-1-3-8-18)27-21-10-6-9-20(15-21)26-28-25(29-30-26)19-13-14-19/h1-12,15,19H,13-14,16-17H2,(H,27,31)(H,28,29,30). The van der Waals surface area contributed by atoms with Gasteiger partial charge in [-0.1, -0.05) is 54.6 Å². The fraction of sp³-hybridized carbons (Fsp3) is 0.192. The average Bonchev–Trinajstić information content (AvgIpc) is 3.59. The van der Waals surface area contributed by atoms with E-state index >= 15 is 0 Å². The van der Waals surface area contributed by atoms with Crippen molar-refractivity contribution in [3.63, 3.8) is 0 Å². The zero-order valence-electron chi connectivity index (χ0n) is 18.0. The molecule has 1 amide bonds. The molecular formula is C26H24N4O3. The summed E-state index contributed by atoms with van der Waals surface area (Å²) in [6, 6.07) is 24.7.